The molecule has 0 saturated carbocycles. The predicted octanol–water partition coefficient (Wildman–Crippen LogP) is 3.66. The van der Waals surface area contributed by atoms with Crippen molar-refractivity contribution in [3.05, 3.63) is 60.2 Å². The van der Waals surface area contributed by atoms with Gasteiger partial charge in [-0.3, -0.25) is 0 Å². The first-order valence-electron chi connectivity index (χ1n) is 6.23. The summed E-state index contributed by atoms with van der Waals surface area (Å²) in [5, 5.41) is 0. The number of nitrogens with two attached hydrogens (primary N) is 1. The molecule has 0 aliphatic heterocycles. The molecule has 21 heavy (non-hydrogen) atoms. The number of ether oxygens (including phenoxy) is 2. The van der Waals surface area contributed by atoms with Crippen molar-refractivity contribution in [3.63, 3.8) is 0 Å². The molecule has 0 bridgehead atoms. The van der Waals surface area contributed by atoms with Gasteiger partial charge in [-0.25, -0.2) is 0 Å². The Labute approximate surface area is 120 Å². The second-order valence-corrected chi connectivity index (χ2v) is 4.35. The molecule has 0 spiro atoms. The van der Waals surface area contributed by atoms with Gasteiger partial charge >= 0.3 is 6.36 Å². The number of alkyl halides is 3. The maximum atomic E-state index is 12.0. The van der Waals surface area contributed by atoms with Gasteiger partial charge in [0.05, 0.1) is 6.04 Å². The lowest BCUT2D eigenvalue weighted by Crippen LogP contribution is -2.19. The average Bonchev–Trinajstić information content (AvgIpc) is 2.45. The molecule has 1 atom stereocenters. The zero-order valence-corrected chi connectivity index (χ0v) is 11.0. The van der Waals surface area contributed by atoms with E-state index in [-0.39, 0.29) is 18.4 Å². The van der Waals surface area contributed by atoms with Crippen LogP contribution in [0.5, 0.6) is 11.5 Å². The Balaban J connectivity index is 1.89. The SMILES string of the molecule is NC(COc1ccc(OC(F)(F)F)cc1)c1ccccc1. The van der Waals surface area contributed by atoms with E-state index in [9.17, 15) is 13.2 Å². The van der Waals surface area contributed by atoms with Crippen molar-refractivity contribution in [1.29, 1.82) is 0 Å². The highest BCUT2D eigenvalue weighted by molar-refractivity contribution is 5.31. The predicted molar refractivity (Wildman–Crippen MR) is 72.0 cm³/mol. The summed E-state index contributed by atoms with van der Waals surface area (Å²) in [5.41, 5.74) is 6.88. The van der Waals surface area contributed by atoms with Gasteiger partial charge in [-0.2, -0.15) is 0 Å². The van der Waals surface area contributed by atoms with E-state index < -0.39 is 6.36 Å². The van der Waals surface area contributed by atoms with Gasteiger partial charge in [0, 0.05) is 0 Å². The van der Waals surface area contributed by atoms with Gasteiger partial charge in [-0.05, 0) is 29.8 Å². The van der Waals surface area contributed by atoms with Crippen LogP contribution in [0.2, 0.25) is 0 Å². The lowest BCUT2D eigenvalue weighted by atomic mass is 10.1. The van der Waals surface area contributed by atoms with E-state index in [0.717, 1.165) is 5.56 Å². The number of hydrogen-bond donors (Lipinski definition) is 1. The minimum atomic E-state index is -4.70. The van der Waals surface area contributed by atoms with Crippen molar-refractivity contribution in [3.8, 4) is 11.5 Å². The molecule has 1 unspecified atom stereocenters. The molecule has 2 rings (SSSR count). The second kappa shape index (κ2) is 6.49. The number of hydrogen-bond acceptors (Lipinski definition) is 3. The van der Waals surface area contributed by atoms with Gasteiger partial charge in [-0.1, -0.05) is 30.3 Å². The van der Waals surface area contributed by atoms with Crippen molar-refractivity contribution >= 4 is 0 Å². The number of benzene rings is 2. The lowest BCUT2D eigenvalue weighted by Gasteiger charge is -2.14. The molecule has 0 fully saturated rings. The fourth-order valence-electron chi connectivity index (χ4n) is 1.72. The summed E-state index contributed by atoms with van der Waals surface area (Å²) in [6.45, 7) is 0.226. The Morgan fingerprint density at radius 3 is 2.05 bits per heavy atom. The summed E-state index contributed by atoms with van der Waals surface area (Å²) in [5.74, 6) is 0.137. The molecule has 0 aliphatic rings. The largest absolute Gasteiger partial charge is 0.573 e. The zero-order valence-electron chi connectivity index (χ0n) is 11.0. The maximum Gasteiger partial charge on any atom is 0.573 e. The van der Waals surface area contributed by atoms with Crippen LogP contribution in [0.1, 0.15) is 11.6 Å². The van der Waals surface area contributed by atoms with Crippen molar-refractivity contribution in [2.75, 3.05) is 6.61 Å². The highest BCUT2D eigenvalue weighted by Gasteiger charge is 2.30. The Bertz CT molecular complexity index is 555. The van der Waals surface area contributed by atoms with Crippen LogP contribution in [0, 0.1) is 0 Å². The molecule has 6 heteroatoms. The monoisotopic (exact) mass is 297 g/mol. The van der Waals surface area contributed by atoms with Gasteiger partial charge in [-0.15, -0.1) is 13.2 Å². The molecule has 0 aromatic heterocycles. The normalized spacial score (nSPS) is 12.8. The Morgan fingerprint density at radius 2 is 1.48 bits per heavy atom. The summed E-state index contributed by atoms with van der Waals surface area (Å²) >= 11 is 0. The van der Waals surface area contributed by atoms with E-state index in [2.05, 4.69) is 4.74 Å². The third kappa shape index (κ3) is 5.00. The van der Waals surface area contributed by atoms with Crippen LogP contribution in [0.4, 0.5) is 13.2 Å². The van der Waals surface area contributed by atoms with E-state index in [1.807, 2.05) is 30.3 Å². The van der Waals surface area contributed by atoms with Crippen molar-refractivity contribution in [2.45, 2.75) is 12.4 Å². The molecule has 0 radical (unpaired) electrons. The van der Waals surface area contributed by atoms with Crippen LogP contribution in [0.15, 0.2) is 54.6 Å². The second-order valence-electron chi connectivity index (χ2n) is 4.35. The third-order valence-electron chi connectivity index (χ3n) is 2.71. The molecular weight excluding hydrogens is 283 g/mol. The highest BCUT2D eigenvalue weighted by atomic mass is 19.4. The molecule has 2 N–H and O–H groups in total. The van der Waals surface area contributed by atoms with Crippen molar-refractivity contribution in [1.82, 2.24) is 0 Å². The molecule has 2 aromatic rings. The summed E-state index contributed by atoms with van der Waals surface area (Å²) in [6, 6.07) is 14.3. The standard InChI is InChI=1S/C15H14F3NO2/c16-15(17,18)21-13-8-6-12(7-9-13)20-10-14(19)11-4-2-1-3-5-11/h1-9,14H,10,19H2. The van der Waals surface area contributed by atoms with Crippen LogP contribution in [0.3, 0.4) is 0 Å². The first-order valence-corrected chi connectivity index (χ1v) is 6.23. The van der Waals surface area contributed by atoms with Crippen molar-refractivity contribution in [2.24, 2.45) is 5.73 Å². The summed E-state index contributed by atoms with van der Waals surface area (Å²) in [7, 11) is 0. The van der Waals surface area contributed by atoms with Gasteiger partial charge < -0.3 is 15.2 Å². The molecule has 0 heterocycles. The molecule has 3 nitrogen and oxygen atoms in total. The Hall–Kier alpha value is -2.21. The summed E-state index contributed by atoms with van der Waals surface area (Å²) in [6.07, 6.45) is -4.70. The first-order chi connectivity index (χ1) is 9.94. The minimum Gasteiger partial charge on any atom is -0.492 e. The van der Waals surface area contributed by atoms with E-state index >= 15 is 0 Å². The van der Waals surface area contributed by atoms with Crippen LogP contribution < -0.4 is 15.2 Å². The molecule has 2 aromatic carbocycles. The van der Waals surface area contributed by atoms with E-state index in [4.69, 9.17) is 10.5 Å². The molecule has 0 saturated heterocycles. The maximum absolute atomic E-state index is 12.0. The van der Waals surface area contributed by atoms with Crippen LogP contribution >= 0.6 is 0 Å². The average molecular weight is 297 g/mol. The van der Waals surface area contributed by atoms with Crippen LogP contribution in [-0.4, -0.2) is 13.0 Å². The summed E-state index contributed by atoms with van der Waals surface area (Å²) in [4.78, 5) is 0. The van der Waals surface area contributed by atoms with E-state index in [0.29, 0.717) is 5.75 Å². The third-order valence-corrected chi connectivity index (χ3v) is 2.71. The summed E-state index contributed by atoms with van der Waals surface area (Å²) < 4.78 is 45.3. The Kier molecular flexibility index (Phi) is 4.70. The van der Waals surface area contributed by atoms with Gasteiger partial charge in [0.15, 0.2) is 0 Å². The van der Waals surface area contributed by atoms with Gasteiger partial charge in [0.2, 0.25) is 0 Å². The quantitative estimate of drug-likeness (QED) is 0.916. The fraction of sp³-hybridized carbons (Fsp3) is 0.200. The first kappa shape index (κ1) is 15.2. The number of rotatable bonds is 5. The van der Waals surface area contributed by atoms with Gasteiger partial charge in [0.1, 0.15) is 18.1 Å². The van der Waals surface area contributed by atoms with Gasteiger partial charge in [0.25, 0.3) is 0 Å². The van der Waals surface area contributed by atoms with Crippen molar-refractivity contribution < 1.29 is 22.6 Å². The topological polar surface area (TPSA) is 44.5 Å². The van der Waals surface area contributed by atoms with E-state index in [1.165, 1.54) is 24.3 Å². The lowest BCUT2D eigenvalue weighted by molar-refractivity contribution is -0.274. The van der Waals surface area contributed by atoms with E-state index in [1.54, 1.807) is 0 Å². The highest BCUT2D eigenvalue weighted by Crippen LogP contribution is 2.25. The van der Waals surface area contributed by atoms with Crippen LogP contribution in [-0.2, 0) is 0 Å². The molecule has 112 valence electrons. The van der Waals surface area contributed by atoms with Crippen LogP contribution in [0.25, 0.3) is 0 Å². The molecule has 0 aliphatic carbocycles. The smallest absolute Gasteiger partial charge is 0.492 e. The molecule has 0 amide bonds. The number of halogens is 3. The minimum absolute atomic E-state index is 0.226. The molecular formula is C15H14F3NO2. The zero-order chi connectivity index (χ0) is 15.3. The fourth-order valence-corrected chi connectivity index (χ4v) is 1.72. The Morgan fingerprint density at radius 1 is 0.905 bits per heavy atom.